The minimum atomic E-state index is -0.0959. The minimum Gasteiger partial charge on any atom is -0.314 e. The van der Waals surface area contributed by atoms with Gasteiger partial charge in [-0.25, -0.2) is 4.39 Å². The van der Waals surface area contributed by atoms with Crippen LogP contribution in [0.15, 0.2) is 22.7 Å². The van der Waals surface area contributed by atoms with Crippen LogP contribution in [0.25, 0.3) is 0 Å². The highest BCUT2D eigenvalue weighted by molar-refractivity contribution is 9.10. The van der Waals surface area contributed by atoms with E-state index in [0.717, 1.165) is 29.0 Å². The average Bonchev–Trinajstić information content (AvgIpc) is 3.04. The molecule has 0 amide bonds. The van der Waals surface area contributed by atoms with Crippen molar-refractivity contribution in [3.8, 4) is 0 Å². The summed E-state index contributed by atoms with van der Waals surface area (Å²) in [7, 11) is 0. The molecule has 2 rings (SSSR count). The van der Waals surface area contributed by atoms with Crippen molar-refractivity contribution in [1.29, 1.82) is 0 Å². The molecule has 1 saturated carbocycles. The second kappa shape index (κ2) is 5.28. The normalized spacial score (nSPS) is 17.4. The Balaban J connectivity index is 1.88. The van der Waals surface area contributed by atoms with Crippen molar-refractivity contribution in [2.45, 2.75) is 32.2 Å². The zero-order valence-electron chi connectivity index (χ0n) is 9.47. The van der Waals surface area contributed by atoms with Gasteiger partial charge in [0.1, 0.15) is 5.82 Å². The summed E-state index contributed by atoms with van der Waals surface area (Å²) in [5.41, 5.74) is 0.805. The molecule has 1 nitrogen and oxygen atoms in total. The van der Waals surface area contributed by atoms with Gasteiger partial charge in [-0.15, -0.1) is 0 Å². The third-order valence-corrected chi connectivity index (χ3v) is 3.40. The highest BCUT2D eigenvalue weighted by atomic mass is 79.9. The lowest BCUT2D eigenvalue weighted by atomic mass is 10.0. The van der Waals surface area contributed by atoms with Crippen molar-refractivity contribution in [3.05, 3.63) is 34.1 Å². The summed E-state index contributed by atoms with van der Waals surface area (Å²) in [6, 6.07) is 5.88. The van der Waals surface area contributed by atoms with Crippen molar-refractivity contribution in [2.24, 2.45) is 5.92 Å². The van der Waals surface area contributed by atoms with E-state index in [4.69, 9.17) is 0 Å². The number of halogens is 2. The molecule has 0 saturated heterocycles. The second-order valence-electron chi connectivity index (χ2n) is 4.73. The molecule has 1 fully saturated rings. The molecule has 1 unspecified atom stereocenters. The van der Waals surface area contributed by atoms with Crippen molar-refractivity contribution in [2.75, 3.05) is 6.54 Å². The van der Waals surface area contributed by atoms with Crippen LogP contribution in [0.3, 0.4) is 0 Å². The van der Waals surface area contributed by atoms with Crippen LogP contribution in [-0.4, -0.2) is 12.6 Å². The Labute approximate surface area is 105 Å². The van der Waals surface area contributed by atoms with E-state index in [0.29, 0.717) is 5.92 Å². The SMILES string of the molecule is CC(CNC1CC1)Cc1cc(Br)ccc1F. The molecule has 1 aromatic carbocycles. The van der Waals surface area contributed by atoms with Gasteiger partial charge in [0.05, 0.1) is 0 Å². The maximum atomic E-state index is 13.5. The van der Waals surface area contributed by atoms with Gasteiger partial charge in [-0.1, -0.05) is 22.9 Å². The van der Waals surface area contributed by atoms with Crippen LogP contribution in [0.2, 0.25) is 0 Å². The first-order valence-electron chi connectivity index (χ1n) is 5.82. The van der Waals surface area contributed by atoms with Gasteiger partial charge in [0.25, 0.3) is 0 Å². The molecule has 0 heterocycles. The number of nitrogens with one attached hydrogen (secondary N) is 1. The largest absolute Gasteiger partial charge is 0.314 e. The average molecular weight is 286 g/mol. The number of hydrogen-bond donors (Lipinski definition) is 1. The summed E-state index contributed by atoms with van der Waals surface area (Å²) in [6.45, 7) is 3.15. The third kappa shape index (κ3) is 3.56. The van der Waals surface area contributed by atoms with Crippen molar-refractivity contribution >= 4 is 15.9 Å². The van der Waals surface area contributed by atoms with Crippen LogP contribution >= 0.6 is 15.9 Å². The molecule has 3 heteroatoms. The van der Waals surface area contributed by atoms with Crippen LogP contribution in [0, 0.1) is 11.7 Å². The van der Waals surface area contributed by atoms with E-state index < -0.39 is 0 Å². The van der Waals surface area contributed by atoms with Crippen molar-refractivity contribution in [1.82, 2.24) is 5.32 Å². The first-order chi connectivity index (χ1) is 7.65. The van der Waals surface area contributed by atoms with Crippen LogP contribution in [0.5, 0.6) is 0 Å². The van der Waals surface area contributed by atoms with E-state index in [1.165, 1.54) is 18.9 Å². The van der Waals surface area contributed by atoms with Crippen LogP contribution in [-0.2, 0) is 6.42 Å². The third-order valence-electron chi connectivity index (χ3n) is 2.91. The van der Waals surface area contributed by atoms with E-state index in [1.807, 2.05) is 6.07 Å². The van der Waals surface area contributed by atoms with E-state index in [2.05, 4.69) is 28.2 Å². The molecule has 0 bridgehead atoms. The molecule has 0 aliphatic heterocycles. The summed E-state index contributed by atoms with van der Waals surface area (Å²) in [5.74, 6) is 0.380. The first kappa shape index (κ1) is 12.1. The lowest BCUT2D eigenvalue weighted by Crippen LogP contribution is -2.24. The van der Waals surface area contributed by atoms with Gasteiger partial charge in [0.2, 0.25) is 0 Å². The molecule has 1 aliphatic carbocycles. The molecular weight excluding hydrogens is 269 g/mol. The predicted molar refractivity (Wildman–Crippen MR) is 68.0 cm³/mol. The Morgan fingerprint density at radius 3 is 2.94 bits per heavy atom. The lowest BCUT2D eigenvalue weighted by Gasteiger charge is -2.13. The van der Waals surface area contributed by atoms with Gasteiger partial charge < -0.3 is 5.32 Å². The van der Waals surface area contributed by atoms with Gasteiger partial charge >= 0.3 is 0 Å². The van der Waals surface area contributed by atoms with E-state index in [1.54, 1.807) is 6.07 Å². The molecule has 1 aliphatic rings. The summed E-state index contributed by atoms with van der Waals surface area (Å²) in [6.07, 6.45) is 3.40. The molecule has 0 aromatic heterocycles. The Hall–Kier alpha value is -0.410. The molecule has 1 atom stereocenters. The Bertz CT molecular complexity index is 363. The zero-order valence-corrected chi connectivity index (χ0v) is 11.1. The maximum absolute atomic E-state index is 13.5. The lowest BCUT2D eigenvalue weighted by molar-refractivity contribution is 0.495. The van der Waals surface area contributed by atoms with Gasteiger partial charge in [0.15, 0.2) is 0 Å². The zero-order chi connectivity index (χ0) is 11.5. The molecule has 1 aromatic rings. The minimum absolute atomic E-state index is 0.0959. The molecule has 0 radical (unpaired) electrons. The fourth-order valence-corrected chi connectivity index (χ4v) is 2.21. The van der Waals surface area contributed by atoms with Crippen LogP contribution in [0.4, 0.5) is 4.39 Å². The summed E-state index contributed by atoms with van der Waals surface area (Å²) < 4.78 is 14.5. The Morgan fingerprint density at radius 2 is 2.25 bits per heavy atom. The smallest absolute Gasteiger partial charge is 0.126 e. The number of hydrogen-bond acceptors (Lipinski definition) is 1. The molecule has 0 spiro atoms. The first-order valence-corrected chi connectivity index (χ1v) is 6.62. The topological polar surface area (TPSA) is 12.0 Å². The fourth-order valence-electron chi connectivity index (χ4n) is 1.80. The fraction of sp³-hybridized carbons (Fsp3) is 0.538. The van der Waals surface area contributed by atoms with Gasteiger partial charge in [0, 0.05) is 10.5 Å². The van der Waals surface area contributed by atoms with Crippen LogP contribution < -0.4 is 5.32 Å². The molecular formula is C13H17BrFN. The summed E-state index contributed by atoms with van der Waals surface area (Å²) in [4.78, 5) is 0. The number of rotatable bonds is 5. The summed E-state index contributed by atoms with van der Waals surface area (Å²) >= 11 is 3.38. The highest BCUT2D eigenvalue weighted by Crippen LogP contribution is 2.21. The molecule has 1 N–H and O–H groups in total. The highest BCUT2D eigenvalue weighted by Gasteiger charge is 2.21. The summed E-state index contributed by atoms with van der Waals surface area (Å²) in [5, 5.41) is 3.48. The standard InChI is InChI=1S/C13H17BrFN/c1-9(8-16-12-3-4-12)6-10-7-11(14)2-5-13(10)15/h2,5,7,9,12,16H,3-4,6,8H2,1H3. The number of benzene rings is 1. The molecule has 16 heavy (non-hydrogen) atoms. The van der Waals surface area contributed by atoms with Gasteiger partial charge in [-0.3, -0.25) is 0 Å². The Morgan fingerprint density at radius 1 is 1.50 bits per heavy atom. The van der Waals surface area contributed by atoms with E-state index in [9.17, 15) is 4.39 Å². The Kier molecular flexibility index (Phi) is 3.98. The maximum Gasteiger partial charge on any atom is 0.126 e. The van der Waals surface area contributed by atoms with Crippen LogP contribution in [0.1, 0.15) is 25.3 Å². The van der Waals surface area contributed by atoms with Crippen molar-refractivity contribution in [3.63, 3.8) is 0 Å². The van der Waals surface area contributed by atoms with Gasteiger partial charge in [-0.05, 0) is 55.5 Å². The molecule has 88 valence electrons. The van der Waals surface area contributed by atoms with Gasteiger partial charge in [-0.2, -0.15) is 0 Å². The van der Waals surface area contributed by atoms with E-state index in [-0.39, 0.29) is 5.82 Å². The van der Waals surface area contributed by atoms with Crippen molar-refractivity contribution < 1.29 is 4.39 Å². The monoisotopic (exact) mass is 285 g/mol. The van der Waals surface area contributed by atoms with E-state index >= 15 is 0 Å². The second-order valence-corrected chi connectivity index (χ2v) is 5.64. The quantitative estimate of drug-likeness (QED) is 0.873. The predicted octanol–water partition coefficient (Wildman–Crippen LogP) is 3.52.